The molecule has 5 rings (SSSR count). The molecule has 2 amide bonds. The summed E-state index contributed by atoms with van der Waals surface area (Å²) in [6, 6.07) is 15.0. The fourth-order valence-corrected chi connectivity index (χ4v) is 5.27. The third-order valence-corrected chi connectivity index (χ3v) is 7.39. The van der Waals surface area contributed by atoms with E-state index in [1.807, 2.05) is 73.8 Å². The van der Waals surface area contributed by atoms with Gasteiger partial charge in [-0.1, -0.05) is 54.6 Å². The number of nitrogens with one attached hydrogen (secondary N) is 1. The van der Waals surface area contributed by atoms with Gasteiger partial charge in [-0.2, -0.15) is 0 Å². The standard InChI is InChI=1S/C29H34N6O4/c1-21(7-4-5-14-33-20-23(12-16-36)31-32-33)29(39)25-10-2-3-11-26(25)35(28(29)38)19-22-8-6-9-24(17-22)34-15-13-30-18-27(34)37/h2-4,6-11,17,20-21,30,36,39H,5,12-16,18-19H2,1H3/b7-4+/t21-,29+/m0/s1. The first-order valence-electron chi connectivity index (χ1n) is 13.3. The predicted molar refractivity (Wildman–Crippen MR) is 147 cm³/mol. The van der Waals surface area contributed by atoms with E-state index in [0.29, 0.717) is 43.7 Å². The van der Waals surface area contributed by atoms with Crippen LogP contribution in [0.3, 0.4) is 0 Å². The van der Waals surface area contributed by atoms with Crippen LogP contribution in [0.5, 0.6) is 0 Å². The zero-order valence-electron chi connectivity index (χ0n) is 22.0. The van der Waals surface area contributed by atoms with Crippen LogP contribution in [-0.2, 0) is 34.7 Å². The summed E-state index contributed by atoms with van der Waals surface area (Å²) in [5.41, 5.74) is 2.01. The minimum absolute atomic E-state index is 0.0189. The summed E-state index contributed by atoms with van der Waals surface area (Å²) in [5, 5.41) is 32.1. The number of rotatable bonds is 10. The highest BCUT2D eigenvalue weighted by atomic mass is 16.3. The van der Waals surface area contributed by atoms with Crippen molar-refractivity contribution in [3.8, 4) is 0 Å². The van der Waals surface area contributed by atoms with E-state index in [0.717, 1.165) is 23.5 Å². The van der Waals surface area contributed by atoms with E-state index in [4.69, 9.17) is 5.11 Å². The van der Waals surface area contributed by atoms with Crippen molar-refractivity contribution >= 4 is 23.2 Å². The molecule has 0 bridgehead atoms. The van der Waals surface area contributed by atoms with Gasteiger partial charge in [0.2, 0.25) is 5.91 Å². The Labute approximate surface area is 227 Å². The Hall–Kier alpha value is -3.86. The molecule has 0 aliphatic carbocycles. The number of para-hydroxylation sites is 1. The normalized spacial score (nSPS) is 20.2. The Morgan fingerprint density at radius 2 is 2.03 bits per heavy atom. The number of hydrogen-bond donors (Lipinski definition) is 3. The van der Waals surface area contributed by atoms with Crippen LogP contribution in [0.25, 0.3) is 0 Å². The first-order valence-corrected chi connectivity index (χ1v) is 13.3. The van der Waals surface area contributed by atoms with Crippen molar-refractivity contribution in [2.24, 2.45) is 5.92 Å². The number of nitrogens with zero attached hydrogens (tertiary/aromatic N) is 5. The van der Waals surface area contributed by atoms with Crippen molar-refractivity contribution in [2.75, 3.05) is 36.0 Å². The second-order valence-electron chi connectivity index (χ2n) is 10.0. The molecule has 2 aromatic carbocycles. The summed E-state index contributed by atoms with van der Waals surface area (Å²) in [5.74, 6) is -0.818. The first kappa shape index (κ1) is 26.7. The molecule has 39 heavy (non-hydrogen) atoms. The van der Waals surface area contributed by atoms with E-state index in [9.17, 15) is 14.7 Å². The number of fused-ring (bicyclic) bond motifs is 1. The van der Waals surface area contributed by atoms with Crippen molar-refractivity contribution in [3.05, 3.63) is 83.7 Å². The molecule has 204 valence electrons. The summed E-state index contributed by atoms with van der Waals surface area (Å²) in [4.78, 5) is 29.6. The molecule has 10 nitrogen and oxygen atoms in total. The van der Waals surface area contributed by atoms with Gasteiger partial charge in [-0.05, 0) is 30.2 Å². The molecule has 3 aromatic rings. The van der Waals surface area contributed by atoms with Crippen molar-refractivity contribution in [2.45, 2.75) is 38.5 Å². The van der Waals surface area contributed by atoms with E-state index < -0.39 is 11.5 Å². The Kier molecular flexibility index (Phi) is 7.87. The highest BCUT2D eigenvalue weighted by molar-refractivity contribution is 6.07. The van der Waals surface area contributed by atoms with E-state index in [1.165, 1.54) is 0 Å². The van der Waals surface area contributed by atoms with Crippen molar-refractivity contribution in [1.82, 2.24) is 20.3 Å². The molecule has 0 spiro atoms. The lowest BCUT2D eigenvalue weighted by Gasteiger charge is -2.29. The number of piperazine rings is 1. The number of aryl methyl sites for hydroxylation is 1. The highest BCUT2D eigenvalue weighted by Crippen LogP contribution is 2.45. The molecule has 1 aromatic heterocycles. The summed E-state index contributed by atoms with van der Waals surface area (Å²) < 4.78 is 1.72. The van der Waals surface area contributed by atoms with Crippen LogP contribution in [-0.4, -0.2) is 63.3 Å². The molecule has 3 N–H and O–H groups in total. The quantitative estimate of drug-likeness (QED) is 0.341. The average Bonchev–Trinajstić information content (AvgIpc) is 3.48. The minimum atomic E-state index is -1.69. The van der Waals surface area contributed by atoms with Crippen LogP contribution in [0.15, 0.2) is 66.9 Å². The number of aliphatic hydroxyl groups excluding tert-OH is 1. The second kappa shape index (κ2) is 11.5. The van der Waals surface area contributed by atoms with Gasteiger partial charge in [-0.3, -0.25) is 14.3 Å². The van der Waals surface area contributed by atoms with E-state index in [1.54, 1.807) is 14.5 Å². The third kappa shape index (κ3) is 5.36. The molecular formula is C29H34N6O4. The van der Waals surface area contributed by atoms with Gasteiger partial charge in [0.25, 0.3) is 5.91 Å². The Bertz CT molecular complexity index is 1370. The van der Waals surface area contributed by atoms with Crippen LogP contribution in [0.1, 0.15) is 30.2 Å². The van der Waals surface area contributed by atoms with Gasteiger partial charge < -0.3 is 25.3 Å². The number of hydrogen-bond acceptors (Lipinski definition) is 7. The van der Waals surface area contributed by atoms with Gasteiger partial charge >= 0.3 is 0 Å². The highest BCUT2D eigenvalue weighted by Gasteiger charge is 2.52. The summed E-state index contributed by atoms with van der Waals surface area (Å²) in [7, 11) is 0. The number of amides is 2. The number of aliphatic hydroxyl groups is 2. The molecular weight excluding hydrogens is 496 g/mol. The Balaban J connectivity index is 1.31. The van der Waals surface area contributed by atoms with Gasteiger partial charge in [0.05, 0.1) is 24.5 Å². The fourth-order valence-electron chi connectivity index (χ4n) is 5.27. The zero-order chi connectivity index (χ0) is 27.4. The van der Waals surface area contributed by atoms with Gasteiger partial charge in [0, 0.05) is 56.0 Å². The summed E-state index contributed by atoms with van der Waals surface area (Å²) >= 11 is 0. The Morgan fingerprint density at radius 3 is 2.85 bits per heavy atom. The fraction of sp³-hybridized carbons (Fsp3) is 0.379. The largest absolute Gasteiger partial charge is 0.396 e. The maximum absolute atomic E-state index is 13.8. The molecule has 0 saturated carbocycles. The predicted octanol–water partition coefficient (Wildman–Crippen LogP) is 1.77. The molecule has 2 aliphatic heterocycles. The number of carbonyl (C=O) groups is 2. The SMILES string of the molecule is C[C@@H](/C=C/CCn1cc(CCO)nn1)[C@]1(O)C(=O)N(Cc2cccc(N3CCNCC3=O)c2)c2ccccc21. The molecule has 0 unspecified atom stereocenters. The number of aromatic nitrogens is 3. The van der Waals surface area contributed by atoms with Gasteiger partial charge in [0.15, 0.2) is 5.60 Å². The third-order valence-electron chi connectivity index (χ3n) is 7.39. The van der Waals surface area contributed by atoms with Crippen LogP contribution < -0.4 is 15.1 Å². The monoisotopic (exact) mass is 530 g/mol. The lowest BCUT2D eigenvalue weighted by Crippen LogP contribution is -2.48. The zero-order valence-corrected chi connectivity index (χ0v) is 22.0. The van der Waals surface area contributed by atoms with Gasteiger partial charge in [-0.15, -0.1) is 5.10 Å². The summed E-state index contributed by atoms with van der Waals surface area (Å²) in [6.45, 7) is 4.40. The van der Waals surface area contributed by atoms with Gasteiger partial charge in [0.1, 0.15) is 0 Å². The average molecular weight is 531 g/mol. The summed E-state index contributed by atoms with van der Waals surface area (Å²) in [6.07, 6.45) is 6.75. The second-order valence-corrected chi connectivity index (χ2v) is 10.0. The molecule has 2 aliphatic rings. The number of carbonyl (C=O) groups excluding carboxylic acids is 2. The van der Waals surface area contributed by atoms with Crippen LogP contribution in [0.4, 0.5) is 11.4 Å². The lowest BCUT2D eigenvalue weighted by atomic mass is 9.83. The van der Waals surface area contributed by atoms with Crippen molar-refractivity contribution in [3.63, 3.8) is 0 Å². The minimum Gasteiger partial charge on any atom is -0.396 e. The van der Waals surface area contributed by atoms with Crippen LogP contribution in [0.2, 0.25) is 0 Å². The lowest BCUT2D eigenvalue weighted by molar-refractivity contribution is -0.139. The number of allylic oxidation sites excluding steroid dienone is 1. The van der Waals surface area contributed by atoms with Crippen LogP contribution >= 0.6 is 0 Å². The Morgan fingerprint density at radius 1 is 1.18 bits per heavy atom. The smallest absolute Gasteiger partial charge is 0.264 e. The molecule has 2 atom stereocenters. The molecule has 1 fully saturated rings. The molecule has 10 heteroatoms. The topological polar surface area (TPSA) is 124 Å². The van der Waals surface area contributed by atoms with Crippen molar-refractivity contribution in [1.29, 1.82) is 0 Å². The van der Waals surface area contributed by atoms with E-state index in [2.05, 4.69) is 15.6 Å². The number of anilines is 2. The van der Waals surface area contributed by atoms with Gasteiger partial charge in [-0.25, -0.2) is 0 Å². The molecule has 3 heterocycles. The first-order chi connectivity index (χ1) is 18.9. The number of benzene rings is 2. The van der Waals surface area contributed by atoms with E-state index >= 15 is 0 Å². The maximum Gasteiger partial charge on any atom is 0.264 e. The maximum atomic E-state index is 13.8. The van der Waals surface area contributed by atoms with Crippen molar-refractivity contribution < 1.29 is 19.8 Å². The van der Waals surface area contributed by atoms with Crippen LogP contribution in [0, 0.1) is 5.92 Å². The molecule has 1 saturated heterocycles. The van der Waals surface area contributed by atoms with E-state index in [-0.39, 0.29) is 25.0 Å². The molecule has 0 radical (unpaired) electrons.